The topological polar surface area (TPSA) is 70.1 Å². The van der Waals surface area contributed by atoms with Crippen molar-refractivity contribution in [3.05, 3.63) is 11.3 Å². The molecule has 7 heteroatoms. The van der Waals surface area contributed by atoms with Crippen molar-refractivity contribution in [3.63, 3.8) is 0 Å². The summed E-state index contributed by atoms with van der Waals surface area (Å²) in [5.74, 6) is -1.03. The molecule has 0 radical (unpaired) electrons. The van der Waals surface area contributed by atoms with E-state index in [-0.39, 0.29) is 18.1 Å². The third-order valence-electron chi connectivity index (χ3n) is 2.44. The average molecular weight is 261 g/mol. The maximum atomic E-state index is 12.9. The first kappa shape index (κ1) is 14.4. The SMILES string of the molecule is CCCCn1nc(C(=O)OCC)c(C(F)F)c1N. The van der Waals surface area contributed by atoms with Crippen LogP contribution in [-0.2, 0) is 11.3 Å². The van der Waals surface area contributed by atoms with Gasteiger partial charge in [0, 0.05) is 6.54 Å². The second-order valence-electron chi connectivity index (χ2n) is 3.75. The van der Waals surface area contributed by atoms with E-state index in [0.29, 0.717) is 6.54 Å². The smallest absolute Gasteiger partial charge is 0.359 e. The molecule has 0 bridgehead atoms. The van der Waals surface area contributed by atoms with Crippen molar-refractivity contribution in [2.45, 2.75) is 39.7 Å². The van der Waals surface area contributed by atoms with E-state index in [4.69, 9.17) is 5.73 Å². The fourth-order valence-electron chi connectivity index (χ4n) is 1.53. The van der Waals surface area contributed by atoms with Crippen LogP contribution < -0.4 is 5.73 Å². The molecule has 1 heterocycles. The zero-order chi connectivity index (χ0) is 13.7. The Hall–Kier alpha value is -1.66. The normalized spacial score (nSPS) is 10.9. The molecule has 2 N–H and O–H groups in total. The Morgan fingerprint density at radius 1 is 1.50 bits per heavy atom. The predicted octanol–water partition coefficient (Wildman–Crippen LogP) is 2.38. The number of esters is 1. The van der Waals surface area contributed by atoms with Gasteiger partial charge in [0.25, 0.3) is 6.43 Å². The molecule has 0 spiro atoms. The Kier molecular flexibility index (Phi) is 5.06. The van der Waals surface area contributed by atoms with E-state index in [0.717, 1.165) is 12.8 Å². The molecule has 1 aromatic rings. The van der Waals surface area contributed by atoms with E-state index in [9.17, 15) is 13.6 Å². The number of nitrogens with two attached hydrogens (primary N) is 1. The van der Waals surface area contributed by atoms with Gasteiger partial charge in [-0.15, -0.1) is 0 Å². The largest absolute Gasteiger partial charge is 0.461 e. The first-order chi connectivity index (χ1) is 8.52. The van der Waals surface area contributed by atoms with Gasteiger partial charge in [0.1, 0.15) is 5.82 Å². The number of carbonyl (C=O) groups excluding carboxylic acids is 1. The summed E-state index contributed by atoms with van der Waals surface area (Å²) in [6.07, 6.45) is -1.23. The van der Waals surface area contributed by atoms with Crippen LogP contribution in [-0.4, -0.2) is 22.4 Å². The highest BCUT2D eigenvalue weighted by Crippen LogP contribution is 2.29. The number of anilines is 1. The summed E-state index contributed by atoms with van der Waals surface area (Å²) < 4.78 is 31.7. The van der Waals surface area contributed by atoms with E-state index < -0.39 is 18.0 Å². The lowest BCUT2D eigenvalue weighted by molar-refractivity contribution is 0.0508. The molecule has 0 unspecified atom stereocenters. The molecule has 0 fully saturated rings. The number of unbranched alkanes of at least 4 members (excludes halogenated alkanes) is 1. The number of hydrogen-bond donors (Lipinski definition) is 1. The number of carbonyl (C=O) groups is 1. The van der Waals surface area contributed by atoms with Crippen LogP contribution in [0.3, 0.4) is 0 Å². The molecule has 18 heavy (non-hydrogen) atoms. The maximum absolute atomic E-state index is 12.9. The fraction of sp³-hybridized carbons (Fsp3) is 0.636. The molecule has 0 amide bonds. The van der Waals surface area contributed by atoms with E-state index in [1.807, 2.05) is 6.92 Å². The number of nitrogens with zero attached hydrogens (tertiary/aromatic N) is 2. The predicted molar refractivity (Wildman–Crippen MR) is 62.5 cm³/mol. The molecule has 5 nitrogen and oxygen atoms in total. The number of ether oxygens (including phenoxy) is 1. The van der Waals surface area contributed by atoms with Crippen LogP contribution >= 0.6 is 0 Å². The van der Waals surface area contributed by atoms with Crippen molar-refractivity contribution in [2.24, 2.45) is 0 Å². The summed E-state index contributed by atoms with van der Waals surface area (Å²) in [5.41, 5.74) is 4.67. The lowest BCUT2D eigenvalue weighted by Crippen LogP contribution is -2.09. The molecular weight excluding hydrogens is 244 g/mol. The molecule has 0 saturated heterocycles. The minimum Gasteiger partial charge on any atom is -0.461 e. The van der Waals surface area contributed by atoms with Gasteiger partial charge in [-0.1, -0.05) is 13.3 Å². The molecule has 0 aliphatic heterocycles. The van der Waals surface area contributed by atoms with Gasteiger partial charge in [0.05, 0.1) is 12.2 Å². The van der Waals surface area contributed by atoms with Crippen LogP contribution in [0.1, 0.15) is 49.2 Å². The van der Waals surface area contributed by atoms with E-state index >= 15 is 0 Å². The highest BCUT2D eigenvalue weighted by Gasteiger charge is 2.28. The number of aryl methyl sites for hydroxylation is 1. The van der Waals surface area contributed by atoms with Crippen LogP contribution in [0, 0.1) is 0 Å². The first-order valence-corrected chi connectivity index (χ1v) is 5.84. The van der Waals surface area contributed by atoms with Crippen molar-refractivity contribution in [1.29, 1.82) is 0 Å². The van der Waals surface area contributed by atoms with Gasteiger partial charge in [0.2, 0.25) is 0 Å². The van der Waals surface area contributed by atoms with Gasteiger partial charge in [0.15, 0.2) is 5.69 Å². The Morgan fingerprint density at radius 3 is 2.67 bits per heavy atom. The minimum atomic E-state index is -2.85. The van der Waals surface area contributed by atoms with Gasteiger partial charge in [-0.2, -0.15) is 5.10 Å². The van der Waals surface area contributed by atoms with Crippen molar-refractivity contribution in [2.75, 3.05) is 12.3 Å². The fourth-order valence-corrected chi connectivity index (χ4v) is 1.53. The van der Waals surface area contributed by atoms with Crippen LogP contribution in [0.4, 0.5) is 14.6 Å². The van der Waals surface area contributed by atoms with E-state index in [2.05, 4.69) is 9.84 Å². The summed E-state index contributed by atoms with van der Waals surface area (Å²) in [5, 5.41) is 3.82. The molecule has 0 aliphatic rings. The van der Waals surface area contributed by atoms with Crippen molar-refractivity contribution < 1.29 is 18.3 Å². The maximum Gasteiger partial charge on any atom is 0.359 e. The second kappa shape index (κ2) is 6.32. The monoisotopic (exact) mass is 261 g/mol. The molecule has 102 valence electrons. The average Bonchev–Trinajstić information content (AvgIpc) is 2.64. The standard InChI is InChI=1S/C11H17F2N3O2/c1-3-5-6-16-10(14)7(9(12)13)8(15-16)11(17)18-4-2/h9H,3-6,14H2,1-2H3. The Balaban J connectivity index is 3.11. The number of halogens is 2. The highest BCUT2D eigenvalue weighted by atomic mass is 19.3. The molecule has 0 saturated carbocycles. The van der Waals surface area contributed by atoms with Crippen LogP contribution in [0.2, 0.25) is 0 Å². The van der Waals surface area contributed by atoms with Crippen molar-refractivity contribution >= 4 is 11.8 Å². The Morgan fingerprint density at radius 2 is 2.17 bits per heavy atom. The van der Waals surface area contributed by atoms with Crippen molar-refractivity contribution in [3.8, 4) is 0 Å². The van der Waals surface area contributed by atoms with Crippen LogP contribution in [0.15, 0.2) is 0 Å². The highest BCUT2D eigenvalue weighted by molar-refractivity contribution is 5.90. The molecule has 0 atom stereocenters. The summed E-state index contributed by atoms with van der Waals surface area (Å²) in [6.45, 7) is 4.06. The van der Waals surface area contributed by atoms with Crippen LogP contribution in [0.5, 0.6) is 0 Å². The van der Waals surface area contributed by atoms with E-state index in [1.54, 1.807) is 6.92 Å². The molecule has 1 aromatic heterocycles. The number of aromatic nitrogens is 2. The van der Waals surface area contributed by atoms with E-state index in [1.165, 1.54) is 4.68 Å². The molecule has 1 rings (SSSR count). The third kappa shape index (κ3) is 2.96. The third-order valence-corrected chi connectivity index (χ3v) is 2.44. The summed E-state index contributed by atoms with van der Waals surface area (Å²) in [6, 6.07) is 0. The van der Waals surface area contributed by atoms with Gasteiger partial charge >= 0.3 is 5.97 Å². The number of hydrogen-bond acceptors (Lipinski definition) is 4. The quantitative estimate of drug-likeness (QED) is 0.798. The Labute approximate surface area is 104 Å². The molecular formula is C11H17F2N3O2. The van der Waals surface area contributed by atoms with Gasteiger partial charge in [-0.25, -0.2) is 18.3 Å². The Bertz CT molecular complexity index is 419. The number of alkyl halides is 2. The number of nitrogen functional groups attached to an aromatic ring is 1. The minimum absolute atomic E-state index is 0.100. The van der Waals surface area contributed by atoms with Gasteiger partial charge < -0.3 is 10.5 Å². The lowest BCUT2D eigenvalue weighted by Gasteiger charge is -2.03. The zero-order valence-electron chi connectivity index (χ0n) is 10.4. The molecule has 0 aromatic carbocycles. The summed E-state index contributed by atoms with van der Waals surface area (Å²) in [7, 11) is 0. The summed E-state index contributed by atoms with van der Waals surface area (Å²) in [4.78, 5) is 11.5. The second-order valence-corrected chi connectivity index (χ2v) is 3.75. The zero-order valence-corrected chi connectivity index (χ0v) is 10.4. The summed E-state index contributed by atoms with van der Waals surface area (Å²) >= 11 is 0. The van der Waals surface area contributed by atoms with Crippen LogP contribution in [0.25, 0.3) is 0 Å². The number of rotatable bonds is 6. The first-order valence-electron chi connectivity index (χ1n) is 5.84. The van der Waals surface area contributed by atoms with Gasteiger partial charge in [-0.3, -0.25) is 0 Å². The van der Waals surface area contributed by atoms with Gasteiger partial charge in [-0.05, 0) is 13.3 Å². The van der Waals surface area contributed by atoms with Crippen molar-refractivity contribution in [1.82, 2.24) is 9.78 Å². The lowest BCUT2D eigenvalue weighted by atomic mass is 10.2. The molecule has 0 aliphatic carbocycles.